The first kappa shape index (κ1) is 15.8. The summed E-state index contributed by atoms with van der Waals surface area (Å²) in [7, 11) is 3.35. The van der Waals surface area contributed by atoms with Gasteiger partial charge in [0.25, 0.3) is 5.91 Å². The van der Waals surface area contributed by atoms with Gasteiger partial charge in [0.1, 0.15) is 0 Å². The van der Waals surface area contributed by atoms with Crippen molar-refractivity contribution in [2.24, 2.45) is 0 Å². The molecule has 0 aromatic heterocycles. The van der Waals surface area contributed by atoms with Crippen LogP contribution in [0.4, 0.5) is 10.5 Å². The Bertz CT molecular complexity index is 586. The normalized spacial score (nSPS) is 13.7. The lowest BCUT2D eigenvalue weighted by molar-refractivity contribution is -0.128. The average Bonchev–Trinajstić information content (AvgIpc) is 2.93. The zero-order valence-electron chi connectivity index (χ0n) is 12.8. The first-order chi connectivity index (χ1) is 10.5. The highest BCUT2D eigenvalue weighted by atomic mass is 16.2. The van der Waals surface area contributed by atoms with Crippen LogP contribution >= 0.6 is 0 Å². The third-order valence-corrected chi connectivity index (χ3v) is 3.40. The van der Waals surface area contributed by atoms with E-state index in [0.29, 0.717) is 24.3 Å². The Morgan fingerprint density at radius 2 is 2.14 bits per heavy atom. The number of anilines is 1. The molecule has 0 bridgehead atoms. The molecule has 1 aromatic carbocycles. The zero-order valence-corrected chi connectivity index (χ0v) is 12.8. The second-order valence-corrected chi connectivity index (χ2v) is 5.23. The fourth-order valence-corrected chi connectivity index (χ4v) is 2.14. The van der Waals surface area contributed by atoms with Crippen LogP contribution in [0, 0.1) is 0 Å². The van der Waals surface area contributed by atoms with E-state index in [-0.39, 0.29) is 30.8 Å². The van der Waals surface area contributed by atoms with Gasteiger partial charge >= 0.3 is 6.03 Å². The summed E-state index contributed by atoms with van der Waals surface area (Å²) in [5.74, 6) is -0.296. The van der Waals surface area contributed by atoms with Gasteiger partial charge in [-0.1, -0.05) is 6.07 Å². The van der Waals surface area contributed by atoms with Crippen molar-refractivity contribution in [3.63, 3.8) is 0 Å². The molecule has 0 aliphatic carbocycles. The van der Waals surface area contributed by atoms with Crippen LogP contribution in [0.3, 0.4) is 0 Å². The highest BCUT2D eigenvalue weighted by molar-refractivity contribution is 5.98. The fraction of sp³-hybridized carbons (Fsp3) is 0.400. The number of carbonyl (C=O) groups excluding carboxylic acids is 3. The van der Waals surface area contributed by atoms with Crippen LogP contribution in [0.5, 0.6) is 0 Å². The predicted octanol–water partition coefficient (Wildman–Crippen LogP) is 0.424. The molecule has 0 spiro atoms. The molecule has 1 fully saturated rings. The van der Waals surface area contributed by atoms with E-state index >= 15 is 0 Å². The molecule has 2 N–H and O–H groups in total. The summed E-state index contributed by atoms with van der Waals surface area (Å²) in [4.78, 5) is 38.3. The Balaban J connectivity index is 1.95. The molecule has 1 aliphatic heterocycles. The van der Waals surface area contributed by atoms with E-state index in [0.717, 1.165) is 0 Å². The molecule has 1 aliphatic rings. The van der Waals surface area contributed by atoms with Crippen molar-refractivity contribution >= 4 is 23.5 Å². The van der Waals surface area contributed by atoms with Crippen LogP contribution in [-0.4, -0.2) is 56.5 Å². The molecular formula is C15H20N4O3. The number of hydrogen-bond acceptors (Lipinski definition) is 3. The summed E-state index contributed by atoms with van der Waals surface area (Å²) >= 11 is 0. The van der Waals surface area contributed by atoms with Crippen molar-refractivity contribution < 1.29 is 14.4 Å². The minimum Gasteiger partial charge on any atom is -0.352 e. The number of carbonyl (C=O) groups is 3. The molecule has 0 radical (unpaired) electrons. The van der Waals surface area contributed by atoms with Gasteiger partial charge in [0.05, 0.1) is 0 Å². The number of rotatable bonds is 5. The quantitative estimate of drug-likeness (QED) is 0.827. The number of nitrogens with one attached hydrogen (secondary N) is 2. The lowest BCUT2D eigenvalue weighted by Crippen LogP contribution is -2.30. The topological polar surface area (TPSA) is 81.8 Å². The van der Waals surface area contributed by atoms with E-state index in [1.807, 2.05) is 0 Å². The van der Waals surface area contributed by atoms with Crippen LogP contribution < -0.4 is 15.5 Å². The summed E-state index contributed by atoms with van der Waals surface area (Å²) in [5.41, 5.74) is 1.15. The zero-order chi connectivity index (χ0) is 16.1. The van der Waals surface area contributed by atoms with Crippen LogP contribution in [0.2, 0.25) is 0 Å². The lowest BCUT2D eigenvalue weighted by atomic mass is 10.1. The molecule has 1 heterocycles. The van der Waals surface area contributed by atoms with Gasteiger partial charge < -0.3 is 15.5 Å². The van der Waals surface area contributed by atoms with Crippen LogP contribution in [-0.2, 0) is 4.79 Å². The molecule has 118 valence electrons. The molecule has 7 nitrogen and oxygen atoms in total. The van der Waals surface area contributed by atoms with Crippen LogP contribution in [0.15, 0.2) is 24.3 Å². The second-order valence-electron chi connectivity index (χ2n) is 5.23. The molecule has 1 aromatic rings. The number of urea groups is 1. The molecule has 1 saturated heterocycles. The molecule has 2 rings (SSSR count). The van der Waals surface area contributed by atoms with Crippen molar-refractivity contribution in [2.75, 3.05) is 38.6 Å². The van der Waals surface area contributed by atoms with E-state index < -0.39 is 0 Å². The molecule has 22 heavy (non-hydrogen) atoms. The number of nitrogens with zero attached hydrogens (tertiary/aromatic N) is 2. The van der Waals surface area contributed by atoms with E-state index in [9.17, 15) is 14.4 Å². The second kappa shape index (κ2) is 6.93. The van der Waals surface area contributed by atoms with Gasteiger partial charge in [-0.25, -0.2) is 4.79 Å². The largest absolute Gasteiger partial charge is 0.352 e. The smallest absolute Gasteiger partial charge is 0.321 e. The lowest BCUT2D eigenvalue weighted by Gasteiger charge is -2.15. The standard InChI is InChI=1S/C15H20N4O3/c1-18(2)13(20)6-7-16-14(21)11-4-3-5-12(10-11)19-9-8-17-15(19)22/h3-5,10H,6-9H2,1-2H3,(H,16,21)(H,17,22). The summed E-state index contributed by atoms with van der Waals surface area (Å²) < 4.78 is 0. The van der Waals surface area contributed by atoms with Gasteiger partial charge in [-0.2, -0.15) is 0 Å². The maximum Gasteiger partial charge on any atom is 0.321 e. The van der Waals surface area contributed by atoms with Gasteiger partial charge in [0.2, 0.25) is 5.91 Å². The van der Waals surface area contributed by atoms with Gasteiger partial charge in [-0.05, 0) is 18.2 Å². The van der Waals surface area contributed by atoms with Gasteiger partial charge in [-0.15, -0.1) is 0 Å². The SMILES string of the molecule is CN(C)C(=O)CCNC(=O)c1cccc(N2CCNC2=O)c1. The highest BCUT2D eigenvalue weighted by Crippen LogP contribution is 2.18. The van der Waals surface area contributed by atoms with E-state index in [4.69, 9.17) is 0 Å². The summed E-state index contributed by atoms with van der Waals surface area (Å²) in [6, 6.07) is 6.72. The Hall–Kier alpha value is -2.57. The maximum absolute atomic E-state index is 12.1. The van der Waals surface area contributed by atoms with Crippen molar-refractivity contribution in [1.82, 2.24) is 15.5 Å². The highest BCUT2D eigenvalue weighted by Gasteiger charge is 2.21. The van der Waals surface area contributed by atoms with E-state index in [1.165, 1.54) is 4.90 Å². The number of benzene rings is 1. The molecule has 0 unspecified atom stereocenters. The molecule has 7 heteroatoms. The number of hydrogen-bond donors (Lipinski definition) is 2. The van der Waals surface area contributed by atoms with E-state index in [1.54, 1.807) is 43.3 Å². The molecular weight excluding hydrogens is 284 g/mol. The first-order valence-corrected chi connectivity index (χ1v) is 7.13. The number of amides is 4. The Morgan fingerprint density at radius 3 is 2.77 bits per heavy atom. The average molecular weight is 304 g/mol. The predicted molar refractivity (Wildman–Crippen MR) is 82.8 cm³/mol. The van der Waals surface area contributed by atoms with Crippen LogP contribution in [0.1, 0.15) is 16.8 Å². The van der Waals surface area contributed by atoms with Gasteiger partial charge in [0, 0.05) is 51.4 Å². The summed E-state index contributed by atoms with van der Waals surface area (Å²) in [6.45, 7) is 1.47. The summed E-state index contributed by atoms with van der Waals surface area (Å²) in [5, 5.41) is 5.43. The Labute approximate surface area is 129 Å². The van der Waals surface area contributed by atoms with E-state index in [2.05, 4.69) is 10.6 Å². The summed E-state index contributed by atoms with van der Waals surface area (Å²) in [6.07, 6.45) is 0.257. The first-order valence-electron chi connectivity index (χ1n) is 7.13. The van der Waals surface area contributed by atoms with Crippen molar-refractivity contribution in [3.8, 4) is 0 Å². The van der Waals surface area contributed by atoms with Gasteiger partial charge in [0.15, 0.2) is 0 Å². The van der Waals surface area contributed by atoms with Crippen LogP contribution in [0.25, 0.3) is 0 Å². The van der Waals surface area contributed by atoms with Crippen molar-refractivity contribution in [2.45, 2.75) is 6.42 Å². The third kappa shape index (κ3) is 3.75. The minimum atomic E-state index is -0.256. The Morgan fingerprint density at radius 1 is 1.36 bits per heavy atom. The Kier molecular flexibility index (Phi) is 4.98. The van der Waals surface area contributed by atoms with Crippen molar-refractivity contribution in [1.29, 1.82) is 0 Å². The monoisotopic (exact) mass is 304 g/mol. The molecule has 4 amide bonds. The third-order valence-electron chi connectivity index (χ3n) is 3.40. The molecule has 0 saturated carbocycles. The van der Waals surface area contributed by atoms with Crippen molar-refractivity contribution in [3.05, 3.63) is 29.8 Å². The van der Waals surface area contributed by atoms with Gasteiger partial charge in [-0.3, -0.25) is 14.5 Å². The fourth-order valence-electron chi connectivity index (χ4n) is 2.14. The minimum absolute atomic E-state index is 0.0391. The molecule has 0 atom stereocenters. The maximum atomic E-state index is 12.1.